The maximum atomic E-state index is 13.6. The molecule has 172 valence electrons. The van der Waals surface area contributed by atoms with E-state index < -0.39 is 11.7 Å². The zero-order valence-corrected chi connectivity index (χ0v) is 18.6. The van der Waals surface area contributed by atoms with E-state index in [1.807, 2.05) is 18.2 Å². The van der Waals surface area contributed by atoms with Gasteiger partial charge in [-0.3, -0.25) is 14.5 Å². The highest BCUT2D eigenvalue weighted by Crippen LogP contribution is 2.35. The van der Waals surface area contributed by atoms with Crippen molar-refractivity contribution >= 4 is 29.3 Å². The Balaban J connectivity index is 1.33. The minimum atomic E-state index is -0.431. The minimum absolute atomic E-state index is 0.0472. The number of anilines is 2. The lowest BCUT2D eigenvalue weighted by Gasteiger charge is -2.37. The highest BCUT2D eigenvalue weighted by atomic mass is 19.1. The summed E-state index contributed by atoms with van der Waals surface area (Å²) in [6.07, 6.45) is 1.50. The molecular weight excluding hydrogens is 433 g/mol. The lowest BCUT2D eigenvalue weighted by molar-refractivity contribution is -0.131. The summed E-state index contributed by atoms with van der Waals surface area (Å²) in [6.45, 7) is 2.53. The van der Waals surface area contributed by atoms with E-state index in [2.05, 4.69) is 17.0 Å². The van der Waals surface area contributed by atoms with Gasteiger partial charge >= 0.3 is 0 Å². The van der Waals surface area contributed by atoms with E-state index in [4.69, 9.17) is 4.74 Å². The molecule has 0 aliphatic carbocycles. The highest BCUT2D eigenvalue weighted by Gasteiger charge is 2.33. The molecule has 5 rings (SSSR count). The minimum Gasteiger partial charge on any atom is -0.449 e. The number of halogens is 1. The molecule has 3 aromatic carbocycles. The third-order valence-electron chi connectivity index (χ3n) is 6.03. The summed E-state index contributed by atoms with van der Waals surface area (Å²) < 4.78 is 19.5. The second-order valence-electron chi connectivity index (χ2n) is 8.23. The van der Waals surface area contributed by atoms with E-state index in [1.54, 1.807) is 41.3 Å². The highest BCUT2D eigenvalue weighted by molar-refractivity contribution is 6.12. The van der Waals surface area contributed by atoms with Crippen LogP contribution in [0.4, 0.5) is 15.8 Å². The summed E-state index contributed by atoms with van der Waals surface area (Å²) in [5.41, 5.74) is 2.19. The lowest BCUT2D eigenvalue weighted by atomic mass is 10.1. The maximum Gasteiger partial charge on any atom is 0.294 e. The molecule has 1 fully saturated rings. The number of amides is 2. The van der Waals surface area contributed by atoms with Crippen molar-refractivity contribution in [2.45, 2.75) is 0 Å². The lowest BCUT2D eigenvalue weighted by Crippen LogP contribution is -2.52. The van der Waals surface area contributed by atoms with Crippen LogP contribution in [0.5, 0.6) is 5.75 Å². The summed E-state index contributed by atoms with van der Waals surface area (Å²) >= 11 is 0. The van der Waals surface area contributed by atoms with Crippen LogP contribution in [0.2, 0.25) is 0 Å². The van der Waals surface area contributed by atoms with Crippen molar-refractivity contribution in [2.24, 2.45) is 0 Å². The third-order valence-corrected chi connectivity index (χ3v) is 6.03. The number of piperazine rings is 1. The summed E-state index contributed by atoms with van der Waals surface area (Å²) in [5.74, 6) is -0.431. The Hall–Kier alpha value is -4.13. The average Bonchev–Trinajstić information content (AvgIpc) is 2.87. The fourth-order valence-corrected chi connectivity index (χ4v) is 4.26. The van der Waals surface area contributed by atoms with Gasteiger partial charge in [0.15, 0.2) is 11.5 Å². The van der Waals surface area contributed by atoms with E-state index in [0.717, 1.165) is 18.8 Å². The zero-order valence-electron chi connectivity index (χ0n) is 18.6. The maximum absolute atomic E-state index is 13.6. The zero-order chi connectivity index (χ0) is 23.5. The largest absolute Gasteiger partial charge is 0.449 e. The number of carbonyl (C=O) groups is 2. The number of benzene rings is 3. The van der Waals surface area contributed by atoms with Gasteiger partial charge in [0.25, 0.3) is 5.91 Å². The molecule has 2 aliphatic heterocycles. The molecule has 0 atom stereocenters. The fraction of sp³-hybridized carbons (Fsp3) is 0.185. The van der Waals surface area contributed by atoms with Crippen LogP contribution in [0, 0.1) is 5.82 Å². The molecule has 6 nitrogen and oxygen atoms in total. The monoisotopic (exact) mass is 457 g/mol. The molecule has 34 heavy (non-hydrogen) atoms. The van der Waals surface area contributed by atoms with Crippen molar-refractivity contribution in [3.05, 3.63) is 96.0 Å². The van der Waals surface area contributed by atoms with Gasteiger partial charge in [0.2, 0.25) is 5.91 Å². The molecule has 0 aromatic heterocycles. The second-order valence-corrected chi connectivity index (χ2v) is 8.23. The number of hydrogen-bond donors (Lipinski definition) is 0. The predicted molar refractivity (Wildman–Crippen MR) is 129 cm³/mol. The summed E-state index contributed by atoms with van der Waals surface area (Å²) in [7, 11) is 0. The van der Waals surface area contributed by atoms with Crippen LogP contribution in [0.25, 0.3) is 6.08 Å². The number of fused-ring (bicyclic) bond motifs is 1. The average molecular weight is 458 g/mol. The van der Waals surface area contributed by atoms with E-state index in [1.165, 1.54) is 23.1 Å². The van der Waals surface area contributed by atoms with Gasteiger partial charge in [-0.15, -0.1) is 0 Å². The first kappa shape index (κ1) is 21.7. The van der Waals surface area contributed by atoms with Crippen molar-refractivity contribution in [2.75, 3.05) is 42.5 Å². The Bertz CT molecular complexity index is 1240. The van der Waals surface area contributed by atoms with E-state index in [0.29, 0.717) is 30.1 Å². The standard InChI is InChI=1S/C27H24FN3O3/c28-21-8-6-7-20(17-21)18-25-27(33)31(23-11-4-5-12-24(23)34-25)19-26(32)30-15-13-29(14-16-30)22-9-2-1-3-10-22/h1-12,17-18H,13-16,19H2/b25-18+. The van der Waals surface area contributed by atoms with Crippen LogP contribution < -0.4 is 14.5 Å². The van der Waals surface area contributed by atoms with Crippen molar-refractivity contribution < 1.29 is 18.7 Å². The molecule has 0 bridgehead atoms. The molecule has 0 N–H and O–H groups in total. The van der Waals surface area contributed by atoms with Crippen molar-refractivity contribution in [3.8, 4) is 5.75 Å². The van der Waals surface area contributed by atoms with Crippen LogP contribution in [-0.4, -0.2) is 49.4 Å². The number of ether oxygens (including phenoxy) is 1. The first-order chi connectivity index (χ1) is 16.6. The molecule has 0 unspecified atom stereocenters. The van der Waals surface area contributed by atoms with Crippen LogP contribution in [0.1, 0.15) is 5.56 Å². The molecule has 1 saturated heterocycles. The smallest absolute Gasteiger partial charge is 0.294 e. The summed E-state index contributed by atoms with van der Waals surface area (Å²) in [4.78, 5) is 32.0. The van der Waals surface area contributed by atoms with Gasteiger partial charge in [-0.25, -0.2) is 4.39 Å². The third kappa shape index (κ3) is 4.50. The fourth-order valence-electron chi connectivity index (χ4n) is 4.26. The molecule has 0 spiro atoms. The van der Waals surface area contributed by atoms with Gasteiger partial charge in [0.05, 0.1) is 5.69 Å². The van der Waals surface area contributed by atoms with Crippen molar-refractivity contribution in [1.29, 1.82) is 0 Å². The van der Waals surface area contributed by atoms with Gasteiger partial charge in [-0.1, -0.05) is 42.5 Å². The number of nitrogens with zero attached hydrogens (tertiary/aromatic N) is 3. The van der Waals surface area contributed by atoms with Crippen LogP contribution >= 0.6 is 0 Å². The normalized spacial score (nSPS) is 16.9. The topological polar surface area (TPSA) is 53.1 Å². The molecule has 0 radical (unpaired) electrons. The Kier molecular flexibility index (Phi) is 5.99. The van der Waals surface area contributed by atoms with Gasteiger partial charge in [0, 0.05) is 31.9 Å². The summed E-state index contributed by atoms with van der Waals surface area (Å²) in [6, 6.07) is 23.1. The van der Waals surface area contributed by atoms with Gasteiger partial charge in [0.1, 0.15) is 12.4 Å². The van der Waals surface area contributed by atoms with E-state index >= 15 is 0 Å². The Morgan fingerprint density at radius 2 is 1.65 bits per heavy atom. The predicted octanol–water partition coefficient (Wildman–Crippen LogP) is 3.94. The SMILES string of the molecule is O=C(CN1C(=O)/C(=C\c2cccc(F)c2)Oc2ccccc21)N1CCN(c2ccccc2)CC1. The Morgan fingerprint density at radius 1 is 0.912 bits per heavy atom. The van der Waals surface area contributed by atoms with Crippen molar-refractivity contribution in [1.82, 2.24) is 4.90 Å². The van der Waals surface area contributed by atoms with E-state index in [9.17, 15) is 14.0 Å². The van der Waals surface area contributed by atoms with Crippen LogP contribution in [0.3, 0.4) is 0 Å². The molecule has 3 aromatic rings. The number of carbonyl (C=O) groups excluding carboxylic acids is 2. The number of hydrogen-bond acceptors (Lipinski definition) is 4. The first-order valence-corrected chi connectivity index (χ1v) is 11.2. The van der Waals surface area contributed by atoms with Crippen LogP contribution in [0.15, 0.2) is 84.6 Å². The summed E-state index contributed by atoms with van der Waals surface area (Å²) in [5, 5.41) is 0. The Morgan fingerprint density at radius 3 is 2.41 bits per heavy atom. The van der Waals surface area contributed by atoms with Crippen LogP contribution in [-0.2, 0) is 9.59 Å². The van der Waals surface area contributed by atoms with Gasteiger partial charge in [-0.05, 0) is 48.0 Å². The molecule has 2 aliphatic rings. The first-order valence-electron chi connectivity index (χ1n) is 11.2. The number of para-hydroxylation sites is 3. The second kappa shape index (κ2) is 9.39. The molecule has 2 amide bonds. The molecular formula is C27H24FN3O3. The van der Waals surface area contributed by atoms with Crippen molar-refractivity contribution in [3.63, 3.8) is 0 Å². The quantitative estimate of drug-likeness (QED) is 0.557. The van der Waals surface area contributed by atoms with Gasteiger partial charge < -0.3 is 14.5 Å². The Labute approximate surface area is 197 Å². The molecule has 7 heteroatoms. The number of rotatable bonds is 4. The van der Waals surface area contributed by atoms with Gasteiger partial charge in [-0.2, -0.15) is 0 Å². The van der Waals surface area contributed by atoms with E-state index in [-0.39, 0.29) is 18.2 Å². The molecule has 2 heterocycles. The molecule has 0 saturated carbocycles.